The van der Waals surface area contributed by atoms with Crippen molar-refractivity contribution in [2.45, 2.75) is 0 Å². The lowest BCUT2D eigenvalue weighted by Gasteiger charge is -2.04. The Balaban J connectivity index is 2.02. The summed E-state index contributed by atoms with van der Waals surface area (Å²) in [5, 5.41) is 7.45. The van der Waals surface area contributed by atoms with Crippen LogP contribution in [0.4, 0.5) is 0 Å². The van der Waals surface area contributed by atoms with Gasteiger partial charge in [0.15, 0.2) is 0 Å². The van der Waals surface area contributed by atoms with Crippen molar-refractivity contribution < 1.29 is 4.79 Å². The fraction of sp³-hybridized carbons (Fsp3) is 0.105. The normalized spacial score (nSPS) is 11.3. The molecule has 0 atom stereocenters. The van der Waals surface area contributed by atoms with Gasteiger partial charge in [0.25, 0.3) is 5.91 Å². The second-order valence-corrected chi connectivity index (χ2v) is 5.61. The lowest BCUT2D eigenvalue weighted by atomic mass is 10.0. The van der Waals surface area contributed by atoms with E-state index >= 15 is 0 Å². The fourth-order valence-electron chi connectivity index (χ4n) is 3.17. The summed E-state index contributed by atoms with van der Waals surface area (Å²) < 4.78 is 0. The van der Waals surface area contributed by atoms with E-state index in [9.17, 15) is 4.79 Å². The first kappa shape index (κ1) is 13.8. The predicted molar refractivity (Wildman–Crippen MR) is 94.7 cm³/mol. The van der Waals surface area contributed by atoms with E-state index in [-0.39, 0.29) is 5.91 Å². The smallest absolute Gasteiger partial charge is 0.253 e. The Hall–Kier alpha value is -2.85. The number of nitrogens with two attached hydrogens (primary N) is 1. The zero-order chi connectivity index (χ0) is 15.8. The van der Waals surface area contributed by atoms with Gasteiger partial charge in [-0.25, -0.2) is 0 Å². The number of H-pyrrole nitrogens is 1. The van der Waals surface area contributed by atoms with Crippen LogP contribution in [0, 0.1) is 0 Å². The highest BCUT2D eigenvalue weighted by Gasteiger charge is 2.14. The number of benzene rings is 3. The first-order valence-corrected chi connectivity index (χ1v) is 7.70. The van der Waals surface area contributed by atoms with E-state index < -0.39 is 0 Å². The molecule has 0 fully saturated rings. The number of carbonyl (C=O) groups excluding carboxylic acids is 1. The minimum atomic E-state index is -0.100. The lowest BCUT2D eigenvalue weighted by Crippen LogP contribution is -2.29. The Bertz CT molecular complexity index is 1030. The number of hydrogen-bond donors (Lipinski definition) is 3. The molecule has 1 aromatic heterocycles. The average Bonchev–Trinajstić information content (AvgIpc) is 2.98. The van der Waals surface area contributed by atoms with Crippen LogP contribution in [0.15, 0.2) is 54.6 Å². The minimum absolute atomic E-state index is 0.100. The summed E-state index contributed by atoms with van der Waals surface area (Å²) in [4.78, 5) is 15.8. The van der Waals surface area contributed by atoms with E-state index in [4.69, 9.17) is 5.73 Å². The Morgan fingerprint density at radius 1 is 1.00 bits per heavy atom. The number of amides is 1. The molecule has 0 radical (unpaired) electrons. The molecule has 3 aromatic carbocycles. The first-order chi connectivity index (χ1) is 11.3. The van der Waals surface area contributed by atoms with Crippen LogP contribution in [0.5, 0.6) is 0 Å². The third-order valence-corrected chi connectivity index (χ3v) is 4.20. The van der Waals surface area contributed by atoms with Crippen LogP contribution in [0.1, 0.15) is 10.4 Å². The Labute approximate surface area is 133 Å². The maximum absolute atomic E-state index is 12.4. The molecular weight excluding hydrogens is 286 g/mol. The van der Waals surface area contributed by atoms with E-state index in [1.807, 2.05) is 24.3 Å². The topological polar surface area (TPSA) is 70.9 Å². The van der Waals surface area contributed by atoms with Crippen molar-refractivity contribution in [3.63, 3.8) is 0 Å². The zero-order valence-electron chi connectivity index (χ0n) is 12.6. The van der Waals surface area contributed by atoms with Gasteiger partial charge in [-0.05, 0) is 22.9 Å². The van der Waals surface area contributed by atoms with Gasteiger partial charge in [0.05, 0.1) is 11.1 Å². The zero-order valence-corrected chi connectivity index (χ0v) is 12.6. The Morgan fingerprint density at radius 3 is 2.70 bits per heavy atom. The molecule has 0 bridgehead atoms. The molecule has 114 valence electrons. The summed E-state index contributed by atoms with van der Waals surface area (Å²) in [6, 6.07) is 18.3. The number of nitrogens with one attached hydrogen (secondary N) is 2. The summed E-state index contributed by atoms with van der Waals surface area (Å²) in [6.45, 7) is 0.900. The van der Waals surface area contributed by atoms with Gasteiger partial charge in [-0.15, -0.1) is 0 Å². The van der Waals surface area contributed by atoms with Crippen LogP contribution >= 0.6 is 0 Å². The van der Waals surface area contributed by atoms with Crippen molar-refractivity contribution in [3.8, 4) is 0 Å². The van der Waals surface area contributed by atoms with Crippen LogP contribution in [-0.4, -0.2) is 24.0 Å². The largest absolute Gasteiger partial charge is 0.354 e. The van der Waals surface area contributed by atoms with Gasteiger partial charge in [0.1, 0.15) is 0 Å². The highest BCUT2D eigenvalue weighted by molar-refractivity contribution is 6.23. The monoisotopic (exact) mass is 303 g/mol. The van der Waals surface area contributed by atoms with Gasteiger partial charge in [-0.2, -0.15) is 0 Å². The van der Waals surface area contributed by atoms with Gasteiger partial charge >= 0.3 is 0 Å². The predicted octanol–water partition coefficient (Wildman–Crippen LogP) is 3.16. The molecule has 1 heterocycles. The molecule has 4 nitrogen and oxygen atoms in total. The molecule has 1 amide bonds. The molecule has 0 saturated carbocycles. The highest BCUT2D eigenvalue weighted by Crippen LogP contribution is 2.33. The Morgan fingerprint density at radius 2 is 1.83 bits per heavy atom. The molecular formula is C19H17N3O. The van der Waals surface area contributed by atoms with Crippen LogP contribution < -0.4 is 11.1 Å². The Kier molecular flexibility index (Phi) is 3.24. The molecule has 4 aromatic rings. The lowest BCUT2D eigenvalue weighted by molar-refractivity contribution is 0.0956. The van der Waals surface area contributed by atoms with Gasteiger partial charge in [0, 0.05) is 29.4 Å². The molecule has 0 unspecified atom stereocenters. The summed E-state index contributed by atoms with van der Waals surface area (Å²) >= 11 is 0. The second kappa shape index (κ2) is 5.41. The van der Waals surface area contributed by atoms with Crippen LogP contribution in [0.25, 0.3) is 32.6 Å². The highest BCUT2D eigenvalue weighted by atomic mass is 16.1. The van der Waals surface area contributed by atoms with Gasteiger partial charge in [-0.3, -0.25) is 4.79 Å². The van der Waals surface area contributed by atoms with E-state index in [0.29, 0.717) is 18.7 Å². The number of fused-ring (bicyclic) bond motifs is 5. The fourth-order valence-corrected chi connectivity index (χ4v) is 3.17. The SMILES string of the molecule is NCCNC(=O)c1cccc2c1[nH]c1ccc3ccccc3c12. The maximum Gasteiger partial charge on any atom is 0.253 e. The van der Waals surface area contributed by atoms with E-state index in [0.717, 1.165) is 21.8 Å². The van der Waals surface area contributed by atoms with Gasteiger partial charge in [-0.1, -0.05) is 42.5 Å². The van der Waals surface area contributed by atoms with Crippen molar-refractivity contribution in [1.82, 2.24) is 10.3 Å². The summed E-state index contributed by atoms with van der Waals surface area (Å²) in [5.74, 6) is -0.100. The van der Waals surface area contributed by atoms with Gasteiger partial charge in [0.2, 0.25) is 0 Å². The molecule has 0 aliphatic rings. The second-order valence-electron chi connectivity index (χ2n) is 5.61. The number of rotatable bonds is 3. The van der Waals surface area contributed by atoms with Crippen molar-refractivity contribution in [2.75, 3.05) is 13.1 Å². The van der Waals surface area contributed by atoms with E-state index in [1.165, 1.54) is 10.8 Å². The van der Waals surface area contributed by atoms with Crippen molar-refractivity contribution in [3.05, 3.63) is 60.2 Å². The minimum Gasteiger partial charge on any atom is -0.354 e. The number of hydrogen-bond acceptors (Lipinski definition) is 2. The molecule has 4 rings (SSSR count). The van der Waals surface area contributed by atoms with Gasteiger partial charge < -0.3 is 16.0 Å². The number of aromatic nitrogens is 1. The quantitative estimate of drug-likeness (QED) is 0.544. The van der Waals surface area contributed by atoms with Crippen molar-refractivity contribution >= 4 is 38.5 Å². The summed E-state index contributed by atoms with van der Waals surface area (Å²) in [5.41, 5.74) is 8.03. The standard InChI is InChI=1S/C19H17N3O/c20-10-11-21-19(23)15-7-3-6-14-17-13-5-2-1-4-12(13)8-9-16(17)22-18(14)15/h1-9,22H,10-11,20H2,(H,21,23). The van der Waals surface area contributed by atoms with E-state index in [1.54, 1.807) is 0 Å². The molecule has 0 aliphatic heterocycles. The van der Waals surface area contributed by atoms with Crippen molar-refractivity contribution in [2.24, 2.45) is 5.73 Å². The molecule has 0 saturated heterocycles. The number of para-hydroxylation sites is 1. The number of carbonyl (C=O) groups is 1. The summed E-state index contributed by atoms with van der Waals surface area (Å²) in [7, 11) is 0. The summed E-state index contributed by atoms with van der Waals surface area (Å²) in [6.07, 6.45) is 0. The average molecular weight is 303 g/mol. The maximum atomic E-state index is 12.4. The van der Waals surface area contributed by atoms with Crippen LogP contribution in [-0.2, 0) is 0 Å². The molecule has 23 heavy (non-hydrogen) atoms. The molecule has 4 heteroatoms. The molecule has 0 aliphatic carbocycles. The molecule has 0 spiro atoms. The number of aromatic amines is 1. The molecule has 4 N–H and O–H groups in total. The first-order valence-electron chi connectivity index (χ1n) is 7.70. The third kappa shape index (κ3) is 2.15. The third-order valence-electron chi connectivity index (χ3n) is 4.20. The van der Waals surface area contributed by atoms with Crippen molar-refractivity contribution in [1.29, 1.82) is 0 Å². The van der Waals surface area contributed by atoms with Crippen LogP contribution in [0.2, 0.25) is 0 Å². The van der Waals surface area contributed by atoms with E-state index in [2.05, 4.69) is 40.6 Å². The van der Waals surface area contributed by atoms with Crippen LogP contribution in [0.3, 0.4) is 0 Å².